The molecule has 0 aliphatic carbocycles. The standard InChI is InChI=1S/C18H19N3O5/c22-18(20-19-16-8-1-2-9-17(16)21(23)24)13-5-3-6-14(11-13)26-12-15-7-4-10-25-15/h1-3,5-6,8-9,11,15,19H,4,7,10,12H2,(H,20,22). The van der Waals surface area contributed by atoms with E-state index >= 15 is 0 Å². The highest BCUT2D eigenvalue weighted by atomic mass is 16.6. The van der Waals surface area contributed by atoms with Crippen molar-refractivity contribution in [2.24, 2.45) is 0 Å². The van der Waals surface area contributed by atoms with Crippen LogP contribution >= 0.6 is 0 Å². The minimum atomic E-state index is -0.520. The van der Waals surface area contributed by atoms with Crippen molar-refractivity contribution in [3.63, 3.8) is 0 Å². The molecule has 1 aliphatic rings. The zero-order valence-electron chi connectivity index (χ0n) is 14.0. The third-order valence-corrected chi connectivity index (χ3v) is 3.97. The van der Waals surface area contributed by atoms with Crippen LogP contribution in [0.4, 0.5) is 11.4 Å². The molecule has 1 fully saturated rings. The lowest BCUT2D eigenvalue weighted by Crippen LogP contribution is -2.29. The second-order valence-electron chi connectivity index (χ2n) is 5.83. The van der Waals surface area contributed by atoms with Crippen LogP contribution in [-0.4, -0.2) is 30.1 Å². The van der Waals surface area contributed by atoms with Crippen LogP contribution in [0.15, 0.2) is 48.5 Å². The summed E-state index contributed by atoms with van der Waals surface area (Å²) in [7, 11) is 0. The zero-order chi connectivity index (χ0) is 18.4. The highest BCUT2D eigenvalue weighted by molar-refractivity contribution is 5.95. The van der Waals surface area contributed by atoms with E-state index in [-0.39, 0.29) is 17.5 Å². The molecule has 1 aliphatic heterocycles. The van der Waals surface area contributed by atoms with Gasteiger partial charge in [0, 0.05) is 18.2 Å². The monoisotopic (exact) mass is 357 g/mol. The fourth-order valence-corrected chi connectivity index (χ4v) is 2.63. The zero-order valence-corrected chi connectivity index (χ0v) is 14.0. The van der Waals surface area contributed by atoms with Gasteiger partial charge in [-0.1, -0.05) is 18.2 Å². The maximum Gasteiger partial charge on any atom is 0.294 e. The maximum atomic E-state index is 12.3. The summed E-state index contributed by atoms with van der Waals surface area (Å²) in [5.74, 6) is 0.143. The van der Waals surface area contributed by atoms with Gasteiger partial charge >= 0.3 is 0 Å². The number of ether oxygens (including phenoxy) is 2. The Balaban J connectivity index is 1.59. The predicted octanol–water partition coefficient (Wildman–Crippen LogP) is 2.91. The highest BCUT2D eigenvalue weighted by Crippen LogP contribution is 2.22. The van der Waals surface area contributed by atoms with Crippen LogP contribution in [0.3, 0.4) is 0 Å². The molecule has 8 nitrogen and oxygen atoms in total. The van der Waals surface area contributed by atoms with E-state index in [0.29, 0.717) is 17.9 Å². The van der Waals surface area contributed by atoms with Gasteiger partial charge in [-0.2, -0.15) is 0 Å². The first kappa shape index (κ1) is 17.7. The third kappa shape index (κ3) is 4.48. The summed E-state index contributed by atoms with van der Waals surface area (Å²) in [6.07, 6.45) is 2.10. The molecule has 0 bridgehead atoms. The maximum absolute atomic E-state index is 12.3. The Kier molecular flexibility index (Phi) is 5.65. The van der Waals surface area contributed by atoms with Crippen LogP contribution in [0.25, 0.3) is 0 Å². The number of rotatable bonds is 7. The van der Waals surface area contributed by atoms with E-state index in [1.165, 1.54) is 12.1 Å². The normalized spacial score (nSPS) is 16.1. The molecule has 1 amide bonds. The molecular formula is C18H19N3O5. The summed E-state index contributed by atoms with van der Waals surface area (Å²) in [4.78, 5) is 22.8. The first-order valence-electron chi connectivity index (χ1n) is 8.28. The lowest BCUT2D eigenvalue weighted by atomic mass is 10.2. The van der Waals surface area contributed by atoms with E-state index in [9.17, 15) is 14.9 Å². The van der Waals surface area contributed by atoms with Gasteiger partial charge in [0.2, 0.25) is 0 Å². The van der Waals surface area contributed by atoms with Crippen LogP contribution < -0.4 is 15.6 Å². The number of amides is 1. The van der Waals surface area contributed by atoms with Crippen molar-refractivity contribution in [3.05, 3.63) is 64.2 Å². The Bertz CT molecular complexity index is 790. The van der Waals surface area contributed by atoms with Crippen LogP contribution in [0.5, 0.6) is 5.75 Å². The van der Waals surface area contributed by atoms with Crippen molar-refractivity contribution in [2.45, 2.75) is 18.9 Å². The number of carbonyl (C=O) groups is 1. The number of hydrazine groups is 1. The molecule has 0 radical (unpaired) electrons. The molecule has 2 aromatic carbocycles. The molecule has 0 spiro atoms. The first-order chi connectivity index (χ1) is 12.6. The van der Waals surface area contributed by atoms with Crippen molar-refractivity contribution < 1.29 is 19.2 Å². The first-order valence-corrected chi connectivity index (χ1v) is 8.28. The molecule has 3 rings (SSSR count). The van der Waals surface area contributed by atoms with Gasteiger partial charge in [-0.25, -0.2) is 0 Å². The SMILES string of the molecule is O=C(NNc1ccccc1[N+](=O)[O-])c1cccc(OCC2CCCO2)c1. The van der Waals surface area contributed by atoms with Gasteiger partial charge in [0.1, 0.15) is 18.0 Å². The number of benzene rings is 2. The van der Waals surface area contributed by atoms with Gasteiger partial charge in [0.05, 0.1) is 11.0 Å². The largest absolute Gasteiger partial charge is 0.491 e. The molecule has 1 unspecified atom stereocenters. The Hall–Kier alpha value is -3.13. The van der Waals surface area contributed by atoms with Crippen LogP contribution in [-0.2, 0) is 4.74 Å². The van der Waals surface area contributed by atoms with E-state index in [2.05, 4.69) is 10.9 Å². The van der Waals surface area contributed by atoms with Crippen molar-refractivity contribution >= 4 is 17.3 Å². The number of nitrogens with zero attached hydrogens (tertiary/aromatic N) is 1. The smallest absolute Gasteiger partial charge is 0.294 e. The summed E-state index contributed by atoms with van der Waals surface area (Å²) in [6.45, 7) is 1.20. The Labute approximate surface area is 150 Å². The average Bonchev–Trinajstić information content (AvgIpc) is 3.18. The molecule has 2 N–H and O–H groups in total. The van der Waals surface area contributed by atoms with Crippen LogP contribution in [0.2, 0.25) is 0 Å². The molecule has 2 aromatic rings. The number of para-hydroxylation sites is 2. The summed E-state index contributed by atoms with van der Waals surface area (Å²) in [5.41, 5.74) is 5.51. The van der Waals surface area contributed by atoms with Gasteiger partial charge < -0.3 is 9.47 Å². The number of carbonyl (C=O) groups excluding carboxylic acids is 1. The fourth-order valence-electron chi connectivity index (χ4n) is 2.63. The van der Waals surface area contributed by atoms with E-state index in [1.54, 1.807) is 36.4 Å². The molecule has 136 valence electrons. The van der Waals surface area contributed by atoms with Gasteiger partial charge in [-0.05, 0) is 37.1 Å². The van der Waals surface area contributed by atoms with E-state index in [0.717, 1.165) is 19.4 Å². The minimum Gasteiger partial charge on any atom is -0.491 e. The van der Waals surface area contributed by atoms with Crippen molar-refractivity contribution in [3.8, 4) is 5.75 Å². The van der Waals surface area contributed by atoms with Gasteiger partial charge in [0.15, 0.2) is 0 Å². The molecule has 1 atom stereocenters. The molecule has 0 aromatic heterocycles. The van der Waals surface area contributed by atoms with Crippen molar-refractivity contribution in [1.82, 2.24) is 5.43 Å². The second-order valence-corrected chi connectivity index (χ2v) is 5.83. The topological polar surface area (TPSA) is 103 Å². The molecule has 1 saturated heterocycles. The Morgan fingerprint density at radius 1 is 1.27 bits per heavy atom. The second kappa shape index (κ2) is 8.30. The lowest BCUT2D eigenvalue weighted by Gasteiger charge is -2.13. The number of nitrogens with one attached hydrogen (secondary N) is 2. The Morgan fingerprint density at radius 2 is 2.12 bits per heavy atom. The average molecular weight is 357 g/mol. The number of hydrogen-bond donors (Lipinski definition) is 2. The lowest BCUT2D eigenvalue weighted by molar-refractivity contribution is -0.384. The fraction of sp³-hybridized carbons (Fsp3) is 0.278. The van der Waals surface area contributed by atoms with Crippen LogP contribution in [0, 0.1) is 10.1 Å². The van der Waals surface area contributed by atoms with Gasteiger partial charge in [-0.15, -0.1) is 0 Å². The minimum absolute atomic E-state index is 0.0905. The molecule has 8 heteroatoms. The summed E-state index contributed by atoms with van der Waals surface area (Å²) in [6, 6.07) is 12.8. The molecule has 1 heterocycles. The predicted molar refractivity (Wildman–Crippen MR) is 95.1 cm³/mol. The van der Waals surface area contributed by atoms with Gasteiger partial charge in [-0.3, -0.25) is 25.8 Å². The van der Waals surface area contributed by atoms with E-state index in [4.69, 9.17) is 9.47 Å². The third-order valence-electron chi connectivity index (χ3n) is 3.97. The number of anilines is 1. The van der Waals surface area contributed by atoms with Crippen molar-refractivity contribution in [2.75, 3.05) is 18.6 Å². The van der Waals surface area contributed by atoms with E-state index in [1.807, 2.05) is 0 Å². The van der Waals surface area contributed by atoms with Crippen molar-refractivity contribution in [1.29, 1.82) is 0 Å². The molecular weight excluding hydrogens is 338 g/mol. The number of nitro benzene ring substituents is 1. The van der Waals surface area contributed by atoms with E-state index < -0.39 is 10.8 Å². The quantitative estimate of drug-likeness (QED) is 0.583. The Morgan fingerprint density at radius 3 is 2.88 bits per heavy atom. The molecule has 0 saturated carbocycles. The highest BCUT2D eigenvalue weighted by Gasteiger charge is 2.17. The van der Waals surface area contributed by atoms with Gasteiger partial charge in [0.25, 0.3) is 11.6 Å². The number of hydrogen-bond acceptors (Lipinski definition) is 6. The number of nitro groups is 1. The molecule has 26 heavy (non-hydrogen) atoms. The summed E-state index contributed by atoms with van der Waals surface area (Å²) in [5, 5.41) is 11.0. The summed E-state index contributed by atoms with van der Waals surface area (Å²) >= 11 is 0. The summed E-state index contributed by atoms with van der Waals surface area (Å²) < 4.78 is 11.2. The van der Waals surface area contributed by atoms with Crippen LogP contribution in [0.1, 0.15) is 23.2 Å².